The van der Waals surface area contributed by atoms with Gasteiger partial charge in [0, 0.05) is 18.7 Å². The van der Waals surface area contributed by atoms with Gasteiger partial charge in [-0.05, 0) is 49.6 Å². The van der Waals surface area contributed by atoms with Gasteiger partial charge in [-0.1, -0.05) is 29.8 Å². The normalized spacial score (nSPS) is 17.6. The van der Waals surface area contributed by atoms with E-state index in [1.54, 1.807) is 12.1 Å². The Morgan fingerprint density at radius 1 is 1.05 bits per heavy atom. The highest BCUT2D eigenvalue weighted by Crippen LogP contribution is 2.27. The number of aryl methyl sites for hydroxylation is 1. The van der Waals surface area contributed by atoms with Crippen LogP contribution in [0.25, 0.3) is 0 Å². The van der Waals surface area contributed by atoms with Gasteiger partial charge in [-0.15, -0.1) is 0 Å². The van der Waals surface area contributed by atoms with Crippen molar-refractivity contribution in [1.29, 1.82) is 0 Å². The van der Waals surface area contributed by atoms with Crippen LogP contribution in [-0.2, 0) is 40.8 Å². The van der Waals surface area contributed by atoms with Crippen LogP contribution < -0.4 is 10.0 Å². The van der Waals surface area contributed by atoms with Crippen LogP contribution in [0.4, 0.5) is 18.9 Å². The second-order valence-corrected chi connectivity index (χ2v) is 12.2. The van der Waals surface area contributed by atoms with Crippen LogP contribution in [0.15, 0.2) is 53.4 Å². The van der Waals surface area contributed by atoms with Gasteiger partial charge in [0.2, 0.25) is 15.9 Å². The number of nitrogens with one attached hydrogen (secondary N) is 2. The number of methoxy groups -OCH3 is 1. The number of carbonyl (C=O) groups excluding carboxylic acids is 2. The van der Waals surface area contributed by atoms with Crippen LogP contribution in [0.1, 0.15) is 24.0 Å². The molecule has 0 radical (unpaired) electrons. The highest BCUT2D eigenvalue weighted by molar-refractivity contribution is 7.93. The lowest BCUT2D eigenvalue weighted by Crippen LogP contribution is -2.51. The van der Waals surface area contributed by atoms with Gasteiger partial charge >= 0.3 is 21.5 Å². The van der Waals surface area contributed by atoms with E-state index in [0.29, 0.717) is 12.0 Å². The minimum atomic E-state index is -5.60. The van der Waals surface area contributed by atoms with Crippen molar-refractivity contribution in [3.8, 4) is 0 Å². The maximum Gasteiger partial charge on any atom is 0.516 e. The standard InChI is InChI=1S/C23H26F3N3O7S2/c1-15-5-11-18(12-6-15)37(32,33)29-13-3-4-20(29)21(30)27-19(22(31)36-2)14-16-7-9-17(10-8-16)28-38(34,35)23(24,25)26/h5-12,19-20,28H,3-4,13-14H2,1-2H3,(H,27,30)/t19-,20-/m0/s1. The summed E-state index contributed by atoms with van der Waals surface area (Å²) in [6.45, 7) is 1.93. The second kappa shape index (κ2) is 11.3. The first kappa shape index (κ1) is 29.4. The third kappa shape index (κ3) is 6.63. The molecule has 1 saturated heterocycles. The SMILES string of the molecule is COC(=O)[C@H](Cc1ccc(NS(=O)(=O)C(F)(F)F)cc1)NC(=O)[C@@H]1CCCN1S(=O)(=O)c1ccc(C)cc1. The topological polar surface area (TPSA) is 139 Å². The van der Waals surface area contributed by atoms with E-state index in [2.05, 4.69) is 5.32 Å². The van der Waals surface area contributed by atoms with Gasteiger partial charge in [-0.25, -0.2) is 13.2 Å². The molecular weight excluding hydrogens is 551 g/mol. The Hall–Kier alpha value is -3.17. The average Bonchev–Trinajstić information content (AvgIpc) is 3.35. The zero-order chi connectivity index (χ0) is 28.3. The van der Waals surface area contributed by atoms with Gasteiger partial charge in [-0.3, -0.25) is 9.52 Å². The van der Waals surface area contributed by atoms with Crippen molar-refractivity contribution in [3.63, 3.8) is 0 Å². The average molecular weight is 578 g/mol. The lowest BCUT2D eigenvalue weighted by molar-refractivity contribution is -0.145. The molecule has 0 spiro atoms. The number of sulfonamides is 2. The number of esters is 1. The summed E-state index contributed by atoms with van der Waals surface area (Å²) < 4.78 is 93.8. The summed E-state index contributed by atoms with van der Waals surface area (Å²) in [5.41, 5.74) is -4.61. The number of hydrogen-bond acceptors (Lipinski definition) is 7. The molecule has 1 aliphatic heterocycles. The molecular formula is C23H26F3N3O7S2. The van der Waals surface area contributed by atoms with Gasteiger partial charge < -0.3 is 10.1 Å². The minimum Gasteiger partial charge on any atom is -0.467 e. The van der Waals surface area contributed by atoms with Gasteiger partial charge in [0.15, 0.2) is 0 Å². The molecule has 1 heterocycles. The zero-order valence-corrected chi connectivity index (χ0v) is 22.0. The van der Waals surface area contributed by atoms with Crippen molar-refractivity contribution < 1.29 is 44.3 Å². The number of alkyl halides is 3. The zero-order valence-electron chi connectivity index (χ0n) is 20.4. The molecule has 1 aliphatic rings. The summed E-state index contributed by atoms with van der Waals surface area (Å²) in [7, 11) is -8.49. The third-order valence-electron chi connectivity index (χ3n) is 5.89. The first-order valence-electron chi connectivity index (χ1n) is 11.3. The molecule has 0 aliphatic carbocycles. The summed E-state index contributed by atoms with van der Waals surface area (Å²) in [5, 5.41) is 2.51. The minimum absolute atomic E-state index is 0.0357. The van der Waals surface area contributed by atoms with E-state index >= 15 is 0 Å². The Morgan fingerprint density at radius 2 is 1.66 bits per heavy atom. The Balaban J connectivity index is 1.74. The summed E-state index contributed by atoms with van der Waals surface area (Å²) in [6, 6.07) is 8.59. The van der Waals surface area contributed by atoms with Crippen molar-refractivity contribution in [3.05, 3.63) is 59.7 Å². The van der Waals surface area contributed by atoms with Crippen LogP contribution in [0.5, 0.6) is 0 Å². The molecule has 38 heavy (non-hydrogen) atoms. The Bertz CT molecular complexity index is 1380. The van der Waals surface area contributed by atoms with Crippen molar-refractivity contribution in [2.45, 2.75) is 48.7 Å². The first-order valence-corrected chi connectivity index (χ1v) is 14.2. The van der Waals surface area contributed by atoms with Gasteiger partial charge in [0.05, 0.1) is 12.0 Å². The molecule has 0 saturated carbocycles. The van der Waals surface area contributed by atoms with Crippen LogP contribution in [-0.4, -0.2) is 64.3 Å². The van der Waals surface area contributed by atoms with E-state index in [1.165, 1.54) is 29.0 Å². The number of carbonyl (C=O) groups is 2. The molecule has 2 atom stereocenters. The van der Waals surface area contributed by atoms with E-state index in [0.717, 1.165) is 29.1 Å². The van der Waals surface area contributed by atoms with Gasteiger partial charge in [0.1, 0.15) is 12.1 Å². The summed E-state index contributed by atoms with van der Waals surface area (Å²) in [4.78, 5) is 25.5. The van der Waals surface area contributed by atoms with Crippen molar-refractivity contribution in [2.75, 3.05) is 18.4 Å². The number of amides is 1. The first-order chi connectivity index (χ1) is 17.7. The Labute approximate surface area is 218 Å². The number of rotatable bonds is 9. The number of halogens is 3. The molecule has 2 aromatic carbocycles. The predicted molar refractivity (Wildman–Crippen MR) is 131 cm³/mol. The van der Waals surface area contributed by atoms with Crippen LogP contribution in [0.3, 0.4) is 0 Å². The maximum absolute atomic E-state index is 13.2. The fourth-order valence-electron chi connectivity index (χ4n) is 3.90. The van der Waals surface area contributed by atoms with Gasteiger partial charge in [-0.2, -0.15) is 25.9 Å². The second-order valence-electron chi connectivity index (χ2n) is 8.62. The van der Waals surface area contributed by atoms with E-state index in [-0.39, 0.29) is 30.0 Å². The lowest BCUT2D eigenvalue weighted by Gasteiger charge is -2.25. The Morgan fingerprint density at radius 3 is 2.21 bits per heavy atom. The van der Waals surface area contributed by atoms with Crippen LogP contribution in [0, 0.1) is 6.92 Å². The number of nitrogens with zero attached hydrogens (tertiary/aromatic N) is 1. The van der Waals surface area contributed by atoms with Crippen LogP contribution >= 0.6 is 0 Å². The van der Waals surface area contributed by atoms with Gasteiger partial charge in [0.25, 0.3) is 0 Å². The quantitative estimate of drug-likeness (QED) is 0.436. The molecule has 208 valence electrons. The van der Waals surface area contributed by atoms with Crippen molar-refractivity contribution in [2.24, 2.45) is 0 Å². The summed E-state index contributed by atoms with van der Waals surface area (Å²) >= 11 is 0. The largest absolute Gasteiger partial charge is 0.516 e. The van der Waals surface area contributed by atoms with E-state index < -0.39 is 49.5 Å². The van der Waals surface area contributed by atoms with Crippen LogP contribution in [0.2, 0.25) is 0 Å². The van der Waals surface area contributed by atoms with E-state index in [4.69, 9.17) is 4.74 Å². The van der Waals surface area contributed by atoms with Crippen molar-refractivity contribution in [1.82, 2.24) is 9.62 Å². The number of hydrogen-bond donors (Lipinski definition) is 2. The highest BCUT2D eigenvalue weighted by Gasteiger charge is 2.46. The van der Waals surface area contributed by atoms with E-state index in [9.17, 15) is 39.6 Å². The molecule has 15 heteroatoms. The molecule has 10 nitrogen and oxygen atoms in total. The molecule has 0 bridgehead atoms. The number of benzene rings is 2. The third-order valence-corrected chi connectivity index (χ3v) is 8.92. The van der Waals surface area contributed by atoms with E-state index in [1.807, 2.05) is 6.92 Å². The number of ether oxygens (including phenoxy) is 1. The molecule has 1 amide bonds. The molecule has 2 N–H and O–H groups in total. The Kier molecular flexibility index (Phi) is 8.73. The summed E-state index contributed by atoms with van der Waals surface area (Å²) in [5.74, 6) is -1.53. The molecule has 3 rings (SSSR count). The monoisotopic (exact) mass is 577 g/mol. The molecule has 2 aromatic rings. The maximum atomic E-state index is 13.2. The molecule has 0 unspecified atom stereocenters. The summed E-state index contributed by atoms with van der Waals surface area (Å²) in [6.07, 6.45) is 0.516. The highest BCUT2D eigenvalue weighted by atomic mass is 32.2. The smallest absolute Gasteiger partial charge is 0.467 e. The predicted octanol–water partition coefficient (Wildman–Crippen LogP) is 2.31. The molecule has 0 aromatic heterocycles. The van der Waals surface area contributed by atoms with Crippen molar-refractivity contribution >= 4 is 37.6 Å². The fraction of sp³-hybridized carbons (Fsp3) is 0.391. The molecule has 1 fully saturated rings. The lowest BCUT2D eigenvalue weighted by atomic mass is 10.0. The number of anilines is 1. The fourth-order valence-corrected chi connectivity index (χ4v) is 6.12.